The van der Waals surface area contributed by atoms with Gasteiger partial charge in [-0.15, -0.1) is 11.6 Å². The Morgan fingerprint density at radius 3 is 2.18 bits per heavy atom. The van der Waals surface area contributed by atoms with Crippen LogP contribution in [-0.2, 0) is 16.6 Å². The zero-order valence-corrected chi connectivity index (χ0v) is 12.2. The number of nitrogens with zero attached hydrogens (tertiary/aromatic N) is 1. The lowest BCUT2D eigenvalue weighted by Gasteiger charge is -2.16. The number of halogens is 3. The standard InChI is InChI=1S/C10H12Cl3NO2S/c1-14(17(15,16)3-2-11)7-8-4-9(12)6-10(13)5-8/h4-6H,2-3,7H2,1H3. The van der Waals surface area contributed by atoms with Crippen molar-refractivity contribution in [2.24, 2.45) is 0 Å². The average Bonchev–Trinajstić information content (AvgIpc) is 2.15. The second kappa shape index (κ2) is 6.25. The van der Waals surface area contributed by atoms with E-state index in [1.54, 1.807) is 18.2 Å². The fraction of sp³-hybridized carbons (Fsp3) is 0.400. The summed E-state index contributed by atoms with van der Waals surface area (Å²) < 4.78 is 24.6. The van der Waals surface area contributed by atoms with E-state index in [0.29, 0.717) is 10.0 Å². The maximum Gasteiger partial charge on any atom is 0.215 e. The molecule has 0 spiro atoms. The van der Waals surface area contributed by atoms with E-state index in [9.17, 15) is 8.42 Å². The largest absolute Gasteiger partial charge is 0.215 e. The van der Waals surface area contributed by atoms with E-state index in [1.165, 1.54) is 11.4 Å². The molecule has 96 valence electrons. The predicted octanol–water partition coefficient (Wildman–Crippen LogP) is 2.99. The Balaban J connectivity index is 2.84. The van der Waals surface area contributed by atoms with E-state index < -0.39 is 10.0 Å². The topological polar surface area (TPSA) is 37.4 Å². The van der Waals surface area contributed by atoms with Crippen molar-refractivity contribution in [3.8, 4) is 0 Å². The van der Waals surface area contributed by atoms with Crippen LogP contribution in [0.4, 0.5) is 0 Å². The minimum Gasteiger partial charge on any atom is -0.212 e. The zero-order chi connectivity index (χ0) is 13.1. The minimum absolute atomic E-state index is 0.0724. The zero-order valence-electron chi connectivity index (χ0n) is 9.16. The van der Waals surface area contributed by atoms with E-state index in [2.05, 4.69) is 0 Å². The number of benzene rings is 1. The smallest absolute Gasteiger partial charge is 0.212 e. The van der Waals surface area contributed by atoms with Gasteiger partial charge in [-0.25, -0.2) is 12.7 Å². The van der Waals surface area contributed by atoms with E-state index in [1.807, 2.05) is 0 Å². The van der Waals surface area contributed by atoms with Crippen molar-refractivity contribution >= 4 is 44.8 Å². The van der Waals surface area contributed by atoms with Crippen molar-refractivity contribution in [3.05, 3.63) is 33.8 Å². The predicted molar refractivity (Wildman–Crippen MR) is 72.4 cm³/mol. The molecule has 3 nitrogen and oxygen atoms in total. The highest BCUT2D eigenvalue weighted by atomic mass is 35.5. The van der Waals surface area contributed by atoms with Crippen molar-refractivity contribution in [3.63, 3.8) is 0 Å². The maximum absolute atomic E-state index is 11.7. The van der Waals surface area contributed by atoms with Gasteiger partial charge in [0.05, 0.1) is 5.75 Å². The van der Waals surface area contributed by atoms with Gasteiger partial charge in [-0.05, 0) is 23.8 Å². The van der Waals surface area contributed by atoms with Gasteiger partial charge in [0.1, 0.15) is 0 Å². The SMILES string of the molecule is CN(Cc1cc(Cl)cc(Cl)c1)S(=O)(=O)CCCl. The van der Waals surface area contributed by atoms with Crippen LogP contribution in [0.25, 0.3) is 0 Å². The van der Waals surface area contributed by atoms with Crippen LogP contribution in [0.15, 0.2) is 18.2 Å². The molecule has 1 aromatic carbocycles. The van der Waals surface area contributed by atoms with E-state index in [0.717, 1.165) is 5.56 Å². The summed E-state index contributed by atoms with van der Waals surface area (Å²) in [5.74, 6) is -0.0116. The van der Waals surface area contributed by atoms with E-state index in [-0.39, 0.29) is 18.2 Å². The molecule has 0 aromatic heterocycles. The molecule has 1 aromatic rings. The fourth-order valence-electron chi connectivity index (χ4n) is 1.31. The van der Waals surface area contributed by atoms with Crippen LogP contribution >= 0.6 is 34.8 Å². The highest BCUT2D eigenvalue weighted by Gasteiger charge is 2.17. The first-order valence-corrected chi connectivity index (χ1v) is 7.70. The molecule has 1 rings (SSSR count). The van der Waals surface area contributed by atoms with Gasteiger partial charge in [0, 0.05) is 29.5 Å². The van der Waals surface area contributed by atoms with E-state index in [4.69, 9.17) is 34.8 Å². The Labute approximate surface area is 116 Å². The molecule has 0 radical (unpaired) electrons. The normalized spacial score (nSPS) is 12.1. The minimum atomic E-state index is -3.32. The lowest BCUT2D eigenvalue weighted by molar-refractivity contribution is 0.468. The Bertz CT molecular complexity index is 470. The summed E-state index contributed by atoms with van der Waals surface area (Å²) in [6.45, 7) is 0.222. The molecular formula is C10H12Cl3NO2S. The van der Waals surface area contributed by atoms with Crippen LogP contribution in [0.2, 0.25) is 10.0 Å². The van der Waals surface area contributed by atoms with Gasteiger partial charge in [0.2, 0.25) is 10.0 Å². The molecule has 0 atom stereocenters. The molecule has 0 aliphatic carbocycles. The Morgan fingerprint density at radius 1 is 1.18 bits per heavy atom. The molecule has 0 aliphatic heterocycles. The monoisotopic (exact) mass is 315 g/mol. The Kier molecular flexibility index (Phi) is 5.54. The highest BCUT2D eigenvalue weighted by molar-refractivity contribution is 7.89. The van der Waals surface area contributed by atoms with Crippen LogP contribution in [0, 0.1) is 0 Å². The van der Waals surface area contributed by atoms with Gasteiger partial charge in [-0.1, -0.05) is 23.2 Å². The Morgan fingerprint density at radius 2 is 1.71 bits per heavy atom. The van der Waals surface area contributed by atoms with Gasteiger partial charge in [-0.2, -0.15) is 0 Å². The fourth-order valence-corrected chi connectivity index (χ4v) is 3.32. The van der Waals surface area contributed by atoms with Crippen molar-refractivity contribution in [2.75, 3.05) is 18.7 Å². The summed E-state index contributed by atoms with van der Waals surface area (Å²) in [5.41, 5.74) is 0.739. The van der Waals surface area contributed by atoms with Crippen molar-refractivity contribution in [1.82, 2.24) is 4.31 Å². The van der Waals surface area contributed by atoms with Crippen molar-refractivity contribution in [2.45, 2.75) is 6.54 Å². The lowest BCUT2D eigenvalue weighted by Crippen LogP contribution is -2.29. The third-order valence-corrected chi connectivity index (χ3v) is 4.79. The molecule has 0 heterocycles. The number of rotatable bonds is 5. The molecule has 0 aliphatic rings. The highest BCUT2D eigenvalue weighted by Crippen LogP contribution is 2.20. The van der Waals surface area contributed by atoms with Crippen LogP contribution < -0.4 is 0 Å². The third kappa shape index (κ3) is 4.64. The molecule has 0 unspecified atom stereocenters. The second-order valence-corrected chi connectivity index (χ2v) is 6.98. The van der Waals surface area contributed by atoms with E-state index >= 15 is 0 Å². The van der Waals surface area contributed by atoms with Gasteiger partial charge < -0.3 is 0 Å². The molecule has 0 N–H and O–H groups in total. The third-order valence-electron chi connectivity index (χ3n) is 2.14. The number of hydrogen-bond donors (Lipinski definition) is 0. The van der Waals surface area contributed by atoms with Crippen LogP contribution in [-0.4, -0.2) is 31.4 Å². The van der Waals surface area contributed by atoms with Gasteiger partial charge in [0.15, 0.2) is 0 Å². The van der Waals surface area contributed by atoms with Crippen LogP contribution in [0.3, 0.4) is 0 Å². The molecule has 7 heteroatoms. The molecular weight excluding hydrogens is 305 g/mol. The summed E-state index contributed by atoms with van der Waals surface area (Å²) >= 11 is 17.1. The van der Waals surface area contributed by atoms with Crippen LogP contribution in [0.1, 0.15) is 5.56 Å². The van der Waals surface area contributed by atoms with Gasteiger partial charge in [0.25, 0.3) is 0 Å². The molecule has 0 fully saturated rings. The summed E-state index contributed by atoms with van der Waals surface area (Å²) in [7, 11) is -1.82. The van der Waals surface area contributed by atoms with Crippen molar-refractivity contribution < 1.29 is 8.42 Å². The molecule has 0 bridgehead atoms. The van der Waals surface area contributed by atoms with Crippen LogP contribution in [0.5, 0.6) is 0 Å². The second-order valence-electron chi connectivity index (χ2n) is 3.54. The van der Waals surface area contributed by atoms with Crippen molar-refractivity contribution in [1.29, 1.82) is 0 Å². The first-order chi connectivity index (χ1) is 7.85. The summed E-state index contributed by atoms with van der Waals surface area (Å²) in [6.07, 6.45) is 0. The number of alkyl halides is 1. The molecule has 0 saturated heterocycles. The molecule has 0 saturated carbocycles. The number of hydrogen-bond acceptors (Lipinski definition) is 2. The summed E-state index contributed by atoms with van der Waals surface area (Å²) in [4.78, 5) is 0. The molecule has 17 heavy (non-hydrogen) atoms. The number of sulfonamides is 1. The molecule has 0 amide bonds. The summed E-state index contributed by atoms with van der Waals surface area (Å²) in [6, 6.07) is 4.96. The quantitative estimate of drug-likeness (QED) is 0.783. The average molecular weight is 317 g/mol. The first kappa shape index (κ1) is 15.1. The Hall–Kier alpha value is -0.000000000000000167. The summed E-state index contributed by atoms with van der Waals surface area (Å²) in [5, 5.41) is 0.964. The lowest BCUT2D eigenvalue weighted by atomic mass is 10.2. The van der Waals surface area contributed by atoms with Gasteiger partial charge in [-0.3, -0.25) is 0 Å². The maximum atomic E-state index is 11.7. The van der Waals surface area contributed by atoms with Gasteiger partial charge >= 0.3 is 0 Å². The first-order valence-electron chi connectivity index (χ1n) is 4.80.